The molecule has 0 radical (unpaired) electrons. The van der Waals surface area contributed by atoms with Gasteiger partial charge in [-0.3, -0.25) is 0 Å². The number of aromatic nitrogens is 3. The Morgan fingerprint density at radius 1 is 1.33 bits per heavy atom. The van der Waals surface area contributed by atoms with E-state index >= 15 is 0 Å². The molecular formula is C14H18N4. The molecule has 1 N–H and O–H groups in total. The molecule has 0 saturated carbocycles. The van der Waals surface area contributed by atoms with E-state index in [1.807, 2.05) is 11.6 Å². The molecule has 94 valence electrons. The van der Waals surface area contributed by atoms with Gasteiger partial charge in [0.15, 0.2) is 0 Å². The summed E-state index contributed by atoms with van der Waals surface area (Å²) in [6, 6.07) is 6.49. The average Bonchev–Trinajstić information content (AvgIpc) is 2.93. The maximum atomic E-state index is 4.51. The van der Waals surface area contributed by atoms with E-state index in [0.29, 0.717) is 5.92 Å². The van der Waals surface area contributed by atoms with Gasteiger partial charge in [-0.15, -0.1) is 0 Å². The minimum atomic E-state index is 0.368. The molecule has 18 heavy (non-hydrogen) atoms. The predicted molar refractivity (Wildman–Crippen MR) is 72.4 cm³/mol. The van der Waals surface area contributed by atoms with Gasteiger partial charge in [0, 0.05) is 18.2 Å². The Kier molecular flexibility index (Phi) is 2.58. The van der Waals surface area contributed by atoms with Crippen molar-refractivity contribution in [3.05, 3.63) is 35.4 Å². The molecule has 1 aromatic carbocycles. The summed E-state index contributed by atoms with van der Waals surface area (Å²) in [6.07, 6.45) is 1.11. The van der Waals surface area contributed by atoms with E-state index in [1.165, 1.54) is 11.3 Å². The smallest absolute Gasteiger partial charge is 0.148 e. The van der Waals surface area contributed by atoms with Gasteiger partial charge >= 0.3 is 0 Å². The maximum absolute atomic E-state index is 4.51. The van der Waals surface area contributed by atoms with Gasteiger partial charge in [0.1, 0.15) is 11.6 Å². The quantitative estimate of drug-likeness (QED) is 0.880. The number of hydrogen-bond donors (Lipinski definition) is 1. The van der Waals surface area contributed by atoms with Gasteiger partial charge in [-0.25, -0.2) is 9.67 Å². The zero-order valence-electron chi connectivity index (χ0n) is 11.1. The molecule has 0 spiro atoms. The predicted octanol–water partition coefficient (Wildman–Crippen LogP) is 2.67. The standard InChI is InChI=1S/C14H18N4/c1-9(2)14-16-10(3)17-18(14)12-5-4-11-6-7-15-13(11)8-12/h4-5,8-9,15H,6-7H2,1-3H3. The lowest BCUT2D eigenvalue weighted by Gasteiger charge is -2.09. The number of rotatable bonds is 2. The number of fused-ring (bicyclic) bond motifs is 1. The molecule has 1 aliphatic heterocycles. The zero-order valence-corrected chi connectivity index (χ0v) is 11.1. The van der Waals surface area contributed by atoms with Crippen LogP contribution in [0.25, 0.3) is 5.69 Å². The molecule has 3 rings (SSSR count). The first-order chi connectivity index (χ1) is 8.65. The van der Waals surface area contributed by atoms with E-state index in [9.17, 15) is 0 Å². The summed E-state index contributed by atoms with van der Waals surface area (Å²) in [7, 11) is 0. The molecule has 2 heterocycles. The van der Waals surface area contributed by atoms with Crippen molar-refractivity contribution in [2.45, 2.75) is 33.1 Å². The lowest BCUT2D eigenvalue weighted by molar-refractivity contribution is 0.713. The van der Waals surface area contributed by atoms with Crippen LogP contribution in [0.1, 0.15) is 37.0 Å². The Hall–Kier alpha value is -1.84. The molecule has 4 nitrogen and oxygen atoms in total. The van der Waals surface area contributed by atoms with E-state index in [4.69, 9.17) is 0 Å². The highest BCUT2D eigenvalue weighted by molar-refractivity contribution is 5.60. The molecule has 2 aromatic rings. The molecule has 0 amide bonds. The van der Waals surface area contributed by atoms with Gasteiger partial charge in [0.05, 0.1) is 5.69 Å². The third-order valence-electron chi connectivity index (χ3n) is 3.30. The van der Waals surface area contributed by atoms with Crippen molar-refractivity contribution in [2.24, 2.45) is 0 Å². The van der Waals surface area contributed by atoms with E-state index in [0.717, 1.165) is 30.3 Å². The zero-order chi connectivity index (χ0) is 12.7. The first kappa shape index (κ1) is 11.3. The molecule has 0 saturated heterocycles. The monoisotopic (exact) mass is 242 g/mol. The van der Waals surface area contributed by atoms with Crippen LogP contribution in [0.5, 0.6) is 0 Å². The van der Waals surface area contributed by atoms with E-state index in [1.54, 1.807) is 0 Å². The van der Waals surface area contributed by atoms with Crippen molar-refractivity contribution in [3.63, 3.8) is 0 Å². The summed E-state index contributed by atoms with van der Waals surface area (Å²) < 4.78 is 1.96. The number of anilines is 1. The molecule has 0 bridgehead atoms. The summed E-state index contributed by atoms with van der Waals surface area (Å²) in [6.45, 7) is 7.26. The van der Waals surface area contributed by atoms with Crippen molar-refractivity contribution in [3.8, 4) is 5.69 Å². The second kappa shape index (κ2) is 4.12. The summed E-state index contributed by atoms with van der Waals surface area (Å²) in [5, 5.41) is 7.91. The van der Waals surface area contributed by atoms with Crippen LogP contribution in [0.3, 0.4) is 0 Å². The molecular weight excluding hydrogens is 224 g/mol. The number of nitrogens with zero attached hydrogens (tertiary/aromatic N) is 3. The maximum Gasteiger partial charge on any atom is 0.148 e. The molecule has 0 fully saturated rings. The van der Waals surface area contributed by atoms with E-state index in [2.05, 4.69) is 47.4 Å². The van der Waals surface area contributed by atoms with Crippen LogP contribution < -0.4 is 5.32 Å². The highest BCUT2D eigenvalue weighted by Gasteiger charge is 2.15. The average molecular weight is 242 g/mol. The highest BCUT2D eigenvalue weighted by atomic mass is 15.4. The summed E-state index contributed by atoms with van der Waals surface area (Å²) in [5.74, 6) is 2.21. The first-order valence-electron chi connectivity index (χ1n) is 6.46. The summed E-state index contributed by atoms with van der Waals surface area (Å²) in [5.41, 5.74) is 3.71. The van der Waals surface area contributed by atoms with Gasteiger partial charge in [-0.05, 0) is 31.0 Å². The summed E-state index contributed by atoms with van der Waals surface area (Å²) in [4.78, 5) is 4.51. The van der Waals surface area contributed by atoms with Crippen LogP contribution in [0.4, 0.5) is 5.69 Å². The molecule has 0 unspecified atom stereocenters. The minimum Gasteiger partial charge on any atom is -0.384 e. The Morgan fingerprint density at radius 3 is 2.94 bits per heavy atom. The van der Waals surface area contributed by atoms with Gasteiger partial charge in [-0.1, -0.05) is 19.9 Å². The van der Waals surface area contributed by atoms with Crippen molar-refractivity contribution in [1.82, 2.24) is 14.8 Å². The molecule has 1 aromatic heterocycles. The molecule has 0 aliphatic carbocycles. The Bertz CT molecular complexity index is 583. The number of benzene rings is 1. The lowest BCUT2D eigenvalue weighted by Crippen LogP contribution is -2.05. The fourth-order valence-electron chi connectivity index (χ4n) is 2.41. The Balaban J connectivity index is 2.09. The van der Waals surface area contributed by atoms with Crippen LogP contribution in [0.2, 0.25) is 0 Å². The van der Waals surface area contributed by atoms with Crippen LogP contribution in [0.15, 0.2) is 18.2 Å². The highest BCUT2D eigenvalue weighted by Crippen LogP contribution is 2.26. The van der Waals surface area contributed by atoms with Crippen LogP contribution >= 0.6 is 0 Å². The normalized spacial score (nSPS) is 13.8. The third kappa shape index (κ3) is 1.78. The molecule has 4 heteroatoms. The Morgan fingerprint density at radius 2 is 2.17 bits per heavy atom. The second-order valence-electron chi connectivity index (χ2n) is 5.10. The van der Waals surface area contributed by atoms with Gasteiger partial charge < -0.3 is 5.32 Å². The number of hydrogen-bond acceptors (Lipinski definition) is 3. The number of aryl methyl sites for hydroxylation is 1. The molecule has 1 aliphatic rings. The van der Waals surface area contributed by atoms with Crippen molar-refractivity contribution < 1.29 is 0 Å². The fraction of sp³-hybridized carbons (Fsp3) is 0.429. The van der Waals surface area contributed by atoms with Crippen LogP contribution in [0, 0.1) is 6.92 Å². The second-order valence-corrected chi connectivity index (χ2v) is 5.10. The van der Waals surface area contributed by atoms with Crippen molar-refractivity contribution in [2.75, 3.05) is 11.9 Å². The van der Waals surface area contributed by atoms with E-state index in [-0.39, 0.29) is 0 Å². The first-order valence-corrected chi connectivity index (χ1v) is 6.46. The third-order valence-corrected chi connectivity index (χ3v) is 3.30. The van der Waals surface area contributed by atoms with Gasteiger partial charge in [0.2, 0.25) is 0 Å². The minimum absolute atomic E-state index is 0.368. The topological polar surface area (TPSA) is 42.7 Å². The fourth-order valence-corrected chi connectivity index (χ4v) is 2.41. The van der Waals surface area contributed by atoms with Crippen LogP contribution in [-0.4, -0.2) is 21.3 Å². The van der Waals surface area contributed by atoms with Crippen molar-refractivity contribution in [1.29, 1.82) is 0 Å². The van der Waals surface area contributed by atoms with Gasteiger partial charge in [-0.2, -0.15) is 5.10 Å². The number of nitrogens with one attached hydrogen (secondary N) is 1. The molecule has 0 atom stereocenters. The van der Waals surface area contributed by atoms with E-state index < -0.39 is 0 Å². The SMILES string of the molecule is Cc1nc(C(C)C)n(-c2ccc3c(c2)NCC3)n1. The van der Waals surface area contributed by atoms with Crippen molar-refractivity contribution >= 4 is 5.69 Å². The Labute approximate surface area is 107 Å². The largest absolute Gasteiger partial charge is 0.384 e. The van der Waals surface area contributed by atoms with Gasteiger partial charge in [0.25, 0.3) is 0 Å². The lowest BCUT2D eigenvalue weighted by atomic mass is 10.1. The summed E-state index contributed by atoms with van der Waals surface area (Å²) >= 11 is 0. The van der Waals surface area contributed by atoms with Crippen LogP contribution in [-0.2, 0) is 6.42 Å².